The maximum absolute atomic E-state index is 12.0. The van der Waals surface area contributed by atoms with Crippen LogP contribution in [0.2, 0.25) is 0 Å². The zero-order chi connectivity index (χ0) is 13.8. The van der Waals surface area contributed by atoms with Crippen molar-refractivity contribution in [1.29, 1.82) is 0 Å². The van der Waals surface area contributed by atoms with Crippen LogP contribution in [-0.4, -0.2) is 54.9 Å². The smallest absolute Gasteiger partial charge is 0.237 e. The maximum Gasteiger partial charge on any atom is 0.237 e. The van der Waals surface area contributed by atoms with Gasteiger partial charge in [-0.05, 0) is 0 Å². The van der Waals surface area contributed by atoms with Crippen molar-refractivity contribution in [2.24, 2.45) is 11.8 Å². The van der Waals surface area contributed by atoms with E-state index in [1.165, 1.54) is 0 Å². The molecule has 1 aliphatic rings. The van der Waals surface area contributed by atoms with Crippen molar-refractivity contribution in [3.05, 3.63) is 0 Å². The van der Waals surface area contributed by atoms with E-state index in [0.717, 1.165) is 5.75 Å². The largest absolute Gasteiger partial charge is 0.294 e. The molecule has 2 unspecified atom stereocenters. The molecule has 1 rings (SSSR count). The first kappa shape index (κ1) is 15.7. The highest BCUT2D eigenvalue weighted by atomic mass is 32.2. The molecule has 18 heavy (non-hydrogen) atoms. The van der Waals surface area contributed by atoms with Gasteiger partial charge in [-0.1, -0.05) is 13.8 Å². The molecule has 106 valence electrons. The average molecular weight is 295 g/mol. The monoisotopic (exact) mass is 295 g/mol. The van der Waals surface area contributed by atoms with Crippen molar-refractivity contribution in [2.45, 2.75) is 19.2 Å². The second kappa shape index (κ2) is 6.74. The Morgan fingerprint density at radius 1 is 1.61 bits per heavy atom. The lowest BCUT2D eigenvalue weighted by Gasteiger charge is -2.35. The Morgan fingerprint density at radius 2 is 2.28 bits per heavy atom. The highest BCUT2D eigenvalue weighted by molar-refractivity contribution is 8.01. The summed E-state index contributed by atoms with van der Waals surface area (Å²) in [7, 11) is -3.11. The summed E-state index contributed by atoms with van der Waals surface area (Å²) in [5.41, 5.74) is 2.10. The molecule has 3 N–H and O–H groups in total. The van der Waals surface area contributed by atoms with E-state index < -0.39 is 15.2 Å². The molecule has 8 heteroatoms. The third kappa shape index (κ3) is 3.84. The summed E-state index contributed by atoms with van der Waals surface area (Å²) < 4.78 is 24.0. The second-order valence-electron chi connectivity index (χ2n) is 4.39. The van der Waals surface area contributed by atoms with Gasteiger partial charge in [0.05, 0.1) is 0 Å². The topological polar surface area (TPSA) is 92.5 Å². The third-order valence-electron chi connectivity index (χ3n) is 3.11. The lowest BCUT2D eigenvalue weighted by molar-refractivity contribution is -0.125. The molecule has 0 aromatic heterocycles. The number of hydrogen-bond donors (Lipinski definition) is 2. The zero-order valence-electron chi connectivity index (χ0n) is 10.8. The Bertz CT molecular complexity index is 386. The van der Waals surface area contributed by atoms with Crippen LogP contribution < -0.4 is 11.3 Å². The number of hydrazine groups is 1. The first-order valence-electron chi connectivity index (χ1n) is 5.96. The Balaban J connectivity index is 2.75. The number of nitrogens with one attached hydrogen (secondary N) is 1. The van der Waals surface area contributed by atoms with Gasteiger partial charge in [-0.2, -0.15) is 11.8 Å². The Kier molecular flexibility index (Phi) is 5.90. The van der Waals surface area contributed by atoms with E-state index >= 15 is 0 Å². The summed E-state index contributed by atoms with van der Waals surface area (Å²) in [5, 5.41) is -0.478. The van der Waals surface area contributed by atoms with Crippen LogP contribution in [0.3, 0.4) is 0 Å². The van der Waals surface area contributed by atoms with Crippen LogP contribution in [0.25, 0.3) is 0 Å². The van der Waals surface area contributed by atoms with E-state index in [2.05, 4.69) is 5.43 Å². The van der Waals surface area contributed by atoms with Crippen molar-refractivity contribution in [1.82, 2.24) is 10.3 Å². The number of sulfone groups is 1. The number of nitrogens with zero attached hydrogens (tertiary/aromatic N) is 1. The molecule has 0 bridgehead atoms. The fraction of sp³-hybridized carbons (Fsp3) is 0.900. The number of nitrogens with two attached hydrogens (primary N) is 1. The number of thioether (sulfide) groups is 1. The number of carbonyl (C=O) groups excluding carboxylic acids is 1. The predicted octanol–water partition coefficient (Wildman–Crippen LogP) is -0.578. The van der Waals surface area contributed by atoms with Crippen LogP contribution in [0, 0.1) is 5.92 Å². The molecule has 1 fully saturated rings. The second-order valence-corrected chi connectivity index (χ2v) is 7.98. The summed E-state index contributed by atoms with van der Waals surface area (Å²) in [5.74, 6) is 6.11. The Labute approximate surface area is 113 Å². The van der Waals surface area contributed by atoms with E-state index in [1.54, 1.807) is 25.6 Å². The van der Waals surface area contributed by atoms with Gasteiger partial charge in [0.1, 0.15) is 5.37 Å². The van der Waals surface area contributed by atoms with Crippen molar-refractivity contribution >= 4 is 27.5 Å². The molecule has 6 nitrogen and oxygen atoms in total. The Morgan fingerprint density at radius 3 is 2.83 bits per heavy atom. The normalized spacial score (nSPS) is 23.6. The molecule has 2 atom stereocenters. The first-order valence-corrected chi connectivity index (χ1v) is 8.83. The van der Waals surface area contributed by atoms with Crippen LogP contribution in [-0.2, 0) is 14.6 Å². The van der Waals surface area contributed by atoms with Crippen LogP contribution in [0.1, 0.15) is 13.8 Å². The molecule has 0 aromatic rings. The van der Waals surface area contributed by atoms with Gasteiger partial charge in [0.15, 0.2) is 9.84 Å². The van der Waals surface area contributed by atoms with E-state index in [-0.39, 0.29) is 17.6 Å². The van der Waals surface area contributed by atoms with Crippen molar-refractivity contribution in [3.63, 3.8) is 0 Å². The fourth-order valence-electron chi connectivity index (χ4n) is 1.92. The molecule has 0 saturated carbocycles. The number of carbonyl (C=O) groups is 1. The minimum absolute atomic E-state index is 0.131. The summed E-state index contributed by atoms with van der Waals surface area (Å²) in [6, 6.07) is 0. The molecule has 0 spiro atoms. The highest BCUT2D eigenvalue weighted by Gasteiger charge is 2.34. The quantitative estimate of drug-likeness (QED) is 0.400. The molecule has 1 heterocycles. The van der Waals surface area contributed by atoms with Crippen LogP contribution in [0.5, 0.6) is 0 Å². The molecule has 1 saturated heterocycles. The van der Waals surface area contributed by atoms with Crippen molar-refractivity contribution < 1.29 is 13.2 Å². The van der Waals surface area contributed by atoms with Gasteiger partial charge in [-0.25, -0.2) is 14.3 Å². The van der Waals surface area contributed by atoms with Gasteiger partial charge in [-0.3, -0.25) is 15.1 Å². The Hall–Kier alpha value is -0.310. The zero-order valence-corrected chi connectivity index (χ0v) is 12.4. The minimum atomic E-state index is -3.11. The van der Waals surface area contributed by atoms with E-state index in [1.807, 2.05) is 4.90 Å². The molecule has 0 aliphatic carbocycles. The first-order chi connectivity index (χ1) is 8.42. The van der Waals surface area contributed by atoms with Crippen LogP contribution >= 0.6 is 11.8 Å². The molecule has 0 radical (unpaired) electrons. The third-order valence-corrected chi connectivity index (χ3v) is 6.44. The summed E-state index contributed by atoms with van der Waals surface area (Å²) in [6.45, 7) is 4.52. The van der Waals surface area contributed by atoms with Crippen molar-refractivity contribution in [3.8, 4) is 0 Å². The van der Waals surface area contributed by atoms with Crippen molar-refractivity contribution in [2.75, 3.05) is 30.3 Å². The predicted molar refractivity (Wildman–Crippen MR) is 73.6 cm³/mol. The highest BCUT2D eigenvalue weighted by Crippen LogP contribution is 2.22. The maximum atomic E-state index is 12.0. The number of hydrogen-bond acceptors (Lipinski definition) is 6. The number of rotatable bonds is 5. The van der Waals surface area contributed by atoms with Gasteiger partial charge in [0.2, 0.25) is 5.91 Å². The molecular weight excluding hydrogens is 274 g/mol. The summed E-state index contributed by atoms with van der Waals surface area (Å²) >= 11 is 1.64. The summed E-state index contributed by atoms with van der Waals surface area (Å²) in [6.07, 6.45) is 0. The lowest BCUT2D eigenvalue weighted by atomic mass is 10.1. The van der Waals surface area contributed by atoms with E-state index in [0.29, 0.717) is 18.8 Å². The molecule has 1 aliphatic heterocycles. The number of amides is 1. The summed E-state index contributed by atoms with van der Waals surface area (Å²) in [4.78, 5) is 13.3. The van der Waals surface area contributed by atoms with Gasteiger partial charge < -0.3 is 0 Å². The van der Waals surface area contributed by atoms with Gasteiger partial charge in [-0.15, -0.1) is 0 Å². The molecule has 1 amide bonds. The standard InChI is InChI=1S/C10H21N3O3S2/c1-3-18(15,16)9-7-17-5-4-13(9)6-8(2)10(14)12-11/h8-9H,3-7,11H2,1-2H3,(H,12,14). The minimum Gasteiger partial charge on any atom is -0.294 e. The molecule has 0 aromatic carbocycles. The average Bonchev–Trinajstić information content (AvgIpc) is 2.38. The fourth-order valence-corrected chi connectivity index (χ4v) is 5.02. The SMILES string of the molecule is CCS(=O)(=O)C1CSCCN1CC(C)C(=O)NN. The van der Waals surface area contributed by atoms with E-state index in [9.17, 15) is 13.2 Å². The van der Waals surface area contributed by atoms with Gasteiger partial charge in [0, 0.05) is 36.3 Å². The van der Waals surface area contributed by atoms with Gasteiger partial charge in [0.25, 0.3) is 0 Å². The van der Waals surface area contributed by atoms with Crippen LogP contribution in [0.4, 0.5) is 0 Å². The van der Waals surface area contributed by atoms with Gasteiger partial charge >= 0.3 is 0 Å². The van der Waals surface area contributed by atoms with Crippen LogP contribution in [0.15, 0.2) is 0 Å². The molecular formula is C10H21N3O3S2. The lowest BCUT2D eigenvalue weighted by Crippen LogP contribution is -2.51. The van der Waals surface area contributed by atoms with E-state index in [4.69, 9.17) is 5.84 Å².